The van der Waals surface area contributed by atoms with Crippen LogP contribution < -0.4 is 0 Å². The Bertz CT molecular complexity index is 1910. The summed E-state index contributed by atoms with van der Waals surface area (Å²) in [6.07, 6.45) is 36.0. The maximum atomic E-state index is 2.44. The SMILES string of the molecule is CCCCCCCCC(CCCCCC)Cc1ccc(-c2ccc(-c3ccc(-c4ccc(-c5ccc(-c6ccc(CC(CCCCCC)CCCCCCCC)s6)s5)s4)s3)s2)s1. The first kappa shape index (κ1) is 49.6. The normalized spacial score (nSPS) is 12.8. The molecule has 0 fully saturated rings. The number of hydrogen-bond acceptors (Lipinski definition) is 6. The second kappa shape index (κ2) is 28.3. The number of thiophene rings is 6. The van der Waals surface area contributed by atoms with E-state index in [1.165, 1.54) is 216 Å². The van der Waals surface area contributed by atoms with E-state index in [1.54, 1.807) is 9.75 Å². The quantitative estimate of drug-likeness (QED) is 0.0361. The van der Waals surface area contributed by atoms with Crippen molar-refractivity contribution in [2.45, 2.75) is 195 Å². The summed E-state index contributed by atoms with van der Waals surface area (Å²) in [5, 5.41) is 0. The molecule has 6 aromatic rings. The fourth-order valence-electron chi connectivity index (χ4n) is 9.06. The Labute approximate surface area is 402 Å². The molecule has 2 atom stereocenters. The topological polar surface area (TPSA) is 0 Å². The van der Waals surface area contributed by atoms with Crippen LogP contribution in [0.5, 0.6) is 0 Å². The molecule has 6 aromatic heterocycles. The van der Waals surface area contributed by atoms with Crippen LogP contribution in [0.15, 0.2) is 72.8 Å². The molecule has 0 aliphatic rings. The maximum Gasteiger partial charge on any atom is 0.0449 e. The van der Waals surface area contributed by atoms with Gasteiger partial charge in [-0.15, -0.1) is 68.0 Å². The zero-order chi connectivity index (χ0) is 43.2. The first-order chi connectivity index (χ1) is 30.6. The minimum Gasteiger partial charge on any atom is -0.139 e. The van der Waals surface area contributed by atoms with Crippen LogP contribution in [0.1, 0.15) is 192 Å². The van der Waals surface area contributed by atoms with E-state index in [0.29, 0.717) is 0 Å². The van der Waals surface area contributed by atoms with Crippen molar-refractivity contribution in [1.82, 2.24) is 0 Å². The molecule has 0 aromatic carbocycles. The monoisotopic (exact) mass is 942 g/mol. The third-order valence-electron chi connectivity index (χ3n) is 12.8. The second-order valence-corrected chi connectivity index (χ2v) is 24.8. The minimum atomic E-state index is 0.842. The summed E-state index contributed by atoms with van der Waals surface area (Å²) in [5.74, 6) is 1.68. The average Bonchev–Trinajstić information content (AvgIpc) is 4.14. The lowest BCUT2D eigenvalue weighted by atomic mass is 9.91. The third-order valence-corrected chi connectivity index (χ3v) is 20.3. The van der Waals surface area contributed by atoms with Crippen LogP contribution in [-0.4, -0.2) is 0 Å². The molecule has 0 aliphatic carbocycles. The first-order valence-corrected chi connectivity index (χ1v) is 30.0. The van der Waals surface area contributed by atoms with Crippen LogP contribution >= 0.6 is 68.0 Å². The Morgan fingerprint density at radius 3 is 0.742 bits per heavy atom. The molecular weight excluding hydrogens is 865 g/mol. The summed E-state index contributed by atoms with van der Waals surface area (Å²) < 4.78 is 0. The van der Waals surface area contributed by atoms with E-state index in [0.717, 1.165) is 11.8 Å². The fraction of sp³-hybridized carbons (Fsp3) is 0.571. The van der Waals surface area contributed by atoms with E-state index in [2.05, 4.69) is 100 Å². The van der Waals surface area contributed by atoms with E-state index >= 15 is 0 Å². The summed E-state index contributed by atoms with van der Waals surface area (Å²) in [7, 11) is 0. The molecule has 0 saturated carbocycles. The van der Waals surface area contributed by atoms with Crippen molar-refractivity contribution in [2.75, 3.05) is 0 Å². The zero-order valence-electron chi connectivity index (χ0n) is 38.9. The molecule has 0 bridgehead atoms. The highest BCUT2D eigenvalue weighted by molar-refractivity contribution is 7.30. The van der Waals surface area contributed by atoms with Gasteiger partial charge in [-0.25, -0.2) is 0 Å². The van der Waals surface area contributed by atoms with Crippen LogP contribution in [0.2, 0.25) is 0 Å². The fourth-order valence-corrected chi connectivity index (χ4v) is 15.8. The van der Waals surface area contributed by atoms with Crippen molar-refractivity contribution in [2.24, 2.45) is 11.8 Å². The molecule has 0 radical (unpaired) electrons. The molecule has 6 heterocycles. The Morgan fingerprint density at radius 1 is 0.258 bits per heavy atom. The van der Waals surface area contributed by atoms with Gasteiger partial charge in [0.1, 0.15) is 0 Å². The lowest BCUT2D eigenvalue weighted by Crippen LogP contribution is -2.04. The number of unbranched alkanes of at least 4 members (excludes halogenated alkanes) is 16. The van der Waals surface area contributed by atoms with Gasteiger partial charge in [-0.3, -0.25) is 0 Å². The molecule has 0 spiro atoms. The molecule has 0 amide bonds. The smallest absolute Gasteiger partial charge is 0.0449 e. The molecular formula is C56H78S6. The summed E-state index contributed by atoms with van der Waals surface area (Å²) in [5.41, 5.74) is 0. The molecule has 62 heavy (non-hydrogen) atoms. The standard InChI is InChI=1S/C56H78S6/c1-5-9-13-17-19-23-27-43(25-21-15-11-7-3)41-45-29-31-47(57-45)49-33-35-51(59-49)53-37-39-55(61-53)56-40-38-54(62-56)52-36-34-50(60-52)48-32-30-46(58-48)42-44(26-22-16-12-8-4)28-24-20-18-14-10-6-2/h29-40,43-44H,5-28,41-42H2,1-4H3. The van der Waals surface area contributed by atoms with Crippen molar-refractivity contribution in [3.63, 3.8) is 0 Å². The van der Waals surface area contributed by atoms with Gasteiger partial charge in [0.05, 0.1) is 0 Å². The van der Waals surface area contributed by atoms with Crippen LogP contribution in [0.25, 0.3) is 48.8 Å². The summed E-state index contributed by atoms with van der Waals surface area (Å²) in [6, 6.07) is 28.5. The molecule has 6 rings (SSSR count). The van der Waals surface area contributed by atoms with E-state index in [1.807, 2.05) is 68.0 Å². The van der Waals surface area contributed by atoms with Crippen LogP contribution in [0.3, 0.4) is 0 Å². The average molecular weight is 944 g/mol. The molecule has 0 N–H and O–H groups in total. The van der Waals surface area contributed by atoms with Gasteiger partial charge in [0.2, 0.25) is 0 Å². The van der Waals surface area contributed by atoms with Gasteiger partial charge in [-0.2, -0.15) is 0 Å². The van der Waals surface area contributed by atoms with Crippen LogP contribution in [0, 0.1) is 11.8 Å². The van der Waals surface area contributed by atoms with Gasteiger partial charge >= 0.3 is 0 Å². The van der Waals surface area contributed by atoms with E-state index in [-0.39, 0.29) is 0 Å². The third kappa shape index (κ3) is 16.3. The summed E-state index contributed by atoms with van der Waals surface area (Å²) in [6.45, 7) is 9.30. The zero-order valence-corrected chi connectivity index (χ0v) is 43.8. The Kier molecular flexibility index (Phi) is 22.6. The Hall–Kier alpha value is -1.80. The maximum absolute atomic E-state index is 2.44. The largest absolute Gasteiger partial charge is 0.139 e. The van der Waals surface area contributed by atoms with Crippen molar-refractivity contribution < 1.29 is 0 Å². The predicted molar refractivity (Wildman–Crippen MR) is 289 cm³/mol. The highest BCUT2D eigenvalue weighted by atomic mass is 32.1. The van der Waals surface area contributed by atoms with Gasteiger partial charge in [-0.05, 0) is 97.5 Å². The minimum absolute atomic E-state index is 0.842. The summed E-state index contributed by atoms with van der Waals surface area (Å²) in [4.78, 5) is 17.2. The number of rotatable bonds is 33. The lowest BCUT2D eigenvalue weighted by molar-refractivity contribution is 0.404. The predicted octanol–water partition coefficient (Wildman–Crippen LogP) is 22.2. The van der Waals surface area contributed by atoms with Crippen molar-refractivity contribution in [3.05, 3.63) is 82.6 Å². The van der Waals surface area contributed by atoms with Crippen molar-refractivity contribution >= 4 is 68.0 Å². The molecule has 0 nitrogen and oxygen atoms in total. The van der Waals surface area contributed by atoms with Gasteiger partial charge in [-0.1, -0.05) is 182 Å². The lowest BCUT2D eigenvalue weighted by Gasteiger charge is -2.16. The first-order valence-electron chi connectivity index (χ1n) is 25.1. The number of hydrogen-bond donors (Lipinski definition) is 0. The molecule has 0 saturated heterocycles. The Balaban J connectivity index is 1.02. The highest BCUT2D eigenvalue weighted by Crippen LogP contribution is 2.46. The molecule has 338 valence electrons. The van der Waals surface area contributed by atoms with Crippen LogP contribution in [0.4, 0.5) is 0 Å². The van der Waals surface area contributed by atoms with Gasteiger partial charge < -0.3 is 0 Å². The summed E-state index contributed by atoms with van der Waals surface area (Å²) >= 11 is 11.9. The van der Waals surface area contributed by atoms with Gasteiger partial charge in [0, 0.05) is 58.5 Å². The highest BCUT2D eigenvalue weighted by Gasteiger charge is 2.17. The van der Waals surface area contributed by atoms with Gasteiger partial charge in [0.25, 0.3) is 0 Å². The van der Waals surface area contributed by atoms with E-state index in [4.69, 9.17) is 0 Å². The van der Waals surface area contributed by atoms with Crippen molar-refractivity contribution in [1.29, 1.82) is 0 Å². The van der Waals surface area contributed by atoms with Gasteiger partial charge in [0.15, 0.2) is 0 Å². The Morgan fingerprint density at radius 2 is 0.468 bits per heavy atom. The van der Waals surface area contributed by atoms with Crippen LogP contribution in [-0.2, 0) is 12.8 Å². The van der Waals surface area contributed by atoms with E-state index < -0.39 is 0 Å². The second-order valence-electron chi connectivity index (χ2n) is 18.1. The van der Waals surface area contributed by atoms with E-state index in [9.17, 15) is 0 Å². The molecule has 6 heteroatoms. The van der Waals surface area contributed by atoms with Crippen molar-refractivity contribution in [3.8, 4) is 48.8 Å². The molecule has 2 unspecified atom stereocenters. The molecule has 0 aliphatic heterocycles.